The average molecular weight is 460 g/mol. The number of carboxylic acid groups (broad SMARTS) is 1. The fraction of sp³-hybridized carbons (Fsp3) is 0.125. The molecule has 0 heterocycles. The summed E-state index contributed by atoms with van der Waals surface area (Å²) in [6.45, 7) is 0. The molecule has 0 unspecified atom stereocenters. The van der Waals surface area contributed by atoms with Crippen LogP contribution in [-0.4, -0.2) is 53.9 Å². The van der Waals surface area contributed by atoms with Gasteiger partial charge in [-0.3, -0.25) is 9.11 Å². The first-order valence-electron chi connectivity index (χ1n) is 7.11. The molecule has 14 heteroatoms. The van der Waals surface area contributed by atoms with Crippen LogP contribution in [0, 0.1) is 23.3 Å². The molecule has 2 aromatic carbocycles. The fourth-order valence-electron chi connectivity index (χ4n) is 1.47. The monoisotopic (exact) mass is 460 g/mol. The maximum absolute atomic E-state index is 12.5. The van der Waals surface area contributed by atoms with E-state index < -0.39 is 45.6 Å². The number of hydrogen-bond acceptors (Lipinski definition) is 6. The van der Waals surface area contributed by atoms with Crippen LogP contribution in [0.4, 0.5) is 17.6 Å². The maximum Gasteiger partial charge on any atom is 0.394 e. The van der Waals surface area contributed by atoms with Crippen molar-refractivity contribution in [1.29, 1.82) is 0 Å². The molecule has 2 aromatic rings. The number of halogens is 4. The number of ether oxygens (including phenoxy) is 1. The van der Waals surface area contributed by atoms with E-state index in [1.54, 1.807) is 0 Å². The number of aromatic carboxylic acids is 1. The Morgan fingerprint density at radius 1 is 0.767 bits per heavy atom. The number of aliphatic hydroxyl groups excluding tert-OH is 1. The molecule has 0 saturated heterocycles. The minimum Gasteiger partial charge on any atom is -0.478 e. The summed E-state index contributed by atoms with van der Waals surface area (Å²) in [5, 5.41) is 15.3. The fourth-order valence-corrected chi connectivity index (χ4v) is 1.47. The van der Waals surface area contributed by atoms with Crippen LogP contribution in [0.2, 0.25) is 0 Å². The smallest absolute Gasteiger partial charge is 0.394 e. The molecule has 0 amide bonds. The zero-order chi connectivity index (χ0) is 24.1. The van der Waals surface area contributed by atoms with Crippen molar-refractivity contribution in [2.24, 2.45) is 0 Å². The molecule has 0 aliphatic heterocycles. The highest BCUT2D eigenvalue weighted by atomic mass is 32.3. The highest BCUT2D eigenvalue weighted by molar-refractivity contribution is 7.79. The molecule has 0 bridgehead atoms. The van der Waals surface area contributed by atoms with Crippen molar-refractivity contribution in [2.45, 2.75) is 0 Å². The number of methoxy groups -OCH3 is 1. The Morgan fingerprint density at radius 2 is 1.03 bits per heavy atom. The van der Waals surface area contributed by atoms with Gasteiger partial charge in [-0.05, 0) is 24.3 Å². The maximum atomic E-state index is 12.5. The van der Waals surface area contributed by atoms with Gasteiger partial charge in [0.15, 0.2) is 0 Å². The Morgan fingerprint density at radius 3 is 1.27 bits per heavy atom. The highest BCUT2D eigenvalue weighted by Crippen LogP contribution is 2.08. The molecule has 0 atom stereocenters. The van der Waals surface area contributed by atoms with Crippen LogP contribution in [0.5, 0.6) is 0 Å². The highest BCUT2D eigenvalue weighted by Gasteiger charge is 2.08. The normalized spacial score (nSPS) is 9.50. The molecule has 168 valence electrons. The predicted octanol–water partition coefficient (Wildman–Crippen LogP) is 2.37. The van der Waals surface area contributed by atoms with Crippen LogP contribution in [-0.2, 0) is 15.1 Å². The van der Waals surface area contributed by atoms with Crippen molar-refractivity contribution >= 4 is 22.3 Å². The van der Waals surface area contributed by atoms with Gasteiger partial charge in [-0.1, -0.05) is 0 Å². The Hall–Kier alpha value is -3.07. The van der Waals surface area contributed by atoms with E-state index in [0.29, 0.717) is 12.1 Å². The van der Waals surface area contributed by atoms with E-state index in [0.717, 1.165) is 38.5 Å². The largest absolute Gasteiger partial charge is 0.478 e. The number of rotatable bonds is 2. The number of benzene rings is 2. The average Bonchev–Trinajstić information content (AvgIpc) is 2.60. The summed E-state index contributed by atoms with van der Waals surface area (Å²) >= 11 is 0. The quantitative estimate of drug-likeness (QED) is 0.300. The number of aliphatic hydroxyl groups is 1. The minimum atomic E-state index is -4.67. The lowest BCUT2D eigenvalue weighted by Gasteiger charge is -1.98. The van der Waals surface area contributed by atoms with Crippen LogP contribution >= 0.6 is 0 Å². The third kappa shape index (κ3) is 14.9. The molecular formula is C16H16F4O9S. The van der Waals surface area contributed by atoms with Crippen molar-refractivity contribution in [3.63, 3.8) is 0 Å². The Balaban J connectivity index is 0. The van der Waals surface area contributed by atoms with E-state index in [1.165, 1.54) is 0 Å². The van der Waals surface area contributed by atoms with E-state index in [1.807, 2.05) is 0 Å². The second kappa shape index (κ2) is 14.0. The van der Waals surface area contributed by atoms with Crippen LogP contribution in [0.1, 0.15) is 20.7 Å². The van der Waals surface area contributed by atoms with Gasteiger partial charge in [0.2, 0.25) is 0 Å². The number of hydrogen-bond donors (Lipinski definition) is 4. The van der Waals surface area contributed by atoms with Gasteiger partial charge in [-0.25, -0.2) is 27.2 Å². The van der Waals surface area contributed by atoms with Crippen molar-refractivity contribution in [2.75, 3.05) is 14.2 Å². The Bertz CT molecular complexity index is 901. The van der Waals surface area contributed by atoms with Gasteiger partial charge in [0.05, 0.1) is 18.2 Å². The van der Waals surface area contributed by atoms with Gasteiger partial charge < -0.3 is 14.9 Å². The lowest BCUT2D eigenvalue weighted by Crippen LogP contribution is -2.02. The standard InChI is InChI=1S/C8H6F2O2.C7H4F2O2.CH4O.H2O4S/c1-12-8(11)5-2-6(9)4-7(10)3-5;8-5-1-4(7(10)11)2-6(9)3-5;1-2;1-5(2,3)4/h2-4H,1H3;1-3H,(H,10,11);2H,1H3;(H2,1,2,3,4). The molecule has 2 rings (SSSR count). The molecule has 0 fully saturated rings. The van der Waals surface area contributed by atoms with Gasteiger partial charge in [0, 0.05) is 19.2 Å². The molecule has 0 spiro atoms. The molecule has 0 saturated carbocycles. The summed E-state index contributed by atoms with van der Waals surface area (Å²) in [6, 6.07) is 4.64. The van der Waals surface area contributed by atoms with Crippen LogP contribution in [0.15, 0.2) is 36.4 Å². The van der Waals surface area contributed by atoms with E-state index in [2.05, 4.69) is 4.74 Å². The molecule has 0 radical (unpaired) electrons. The molecule has 30 heavy (non-hydrogen) atoms. The first kappa shape index (κ1) is 29.1. The summed E-state index contributed by atoms with van der Waals surface area (Å²) in [5.74, 6) is -5.47. The Labute approximate surface area is 167 Å². The van der Waals surface area contributed by atoms with E-state index in [9.17, 15) is 27.2 Å². The molecule has 0 aromatic heterocycles. The number of carbonyl (C=O) groups is 2. The van der Waals surface area contributed by atoms with Gasteiger partial charge in [-0.15, -0.1) is 0 Å². The van der Waals surface area contributed by atoms with Crippen molar-refractivity contribution in [1.82, 2.24) is 0 Å². The minimum absolute atomic E-state index is 0.130. The number of carbonyl (C=O) groups excluding carboxylic acids is 1. The van der Waals surface area contributed by atoms with Gasteiger partial charge in [0.1, 0.15) is 23.3 Å². The lowest BCUT2D eigenvalue weighted by atomic mass is 10.2. The molecular weight excluding hydrogens is 444 g/mol. The van der Waals surface area contributed by atoms with Crippen molar-refractivity contribution in [3.8, 4) is 0 Å². The van der Waals surface area contributed by atoms with Gasteiger partial charge in [-0.2, -0.15) is 8.42 Å². The van der Waals surface area contributed by atoms with E-state index in [4.69, 9.17) is 27.7 Å². The summed E-state index contributed by atoms with van der Waals surface area (Å²) < 4.78 is 85.4. The van der Waals surface area contributed by atoms with Crippen molar-refractivity contribution in [3.05, 3.63) is 70.8 Å². The lowest BCUT2D eigenvalue weighted by molar-refractivity contribution is 0.0598. The summed E-state index contributed by atoms with van der Waals surface area (Å²) in [4.78, 5) is 20.9. The van der Waals surface area contributed by atoms with Crippen molar-refractivity contribution < 1.29 is 59.6 Å². The molecule has 0 aliphatic rings. The molecule has 9 nitrogen and oxygen atoms in total. The molecule has 4 N–H and O–H groups in total. The third-order valence-corrected chi connectivity index (χ3v) is 2.39. The second-order valence-corrected chi connectivity index (χ2v) is 5.46. The summed E-state index contributed by atoms with van der Waals surface area (Å²) in [5.41, 5.74) is -0.516. The summed E-state index contributed by atoms with van der Waals surface area (Å²) in [7, 11) is -2.52. The first-order chi connectivity index (χ1) is 13.7. The van der Waals surface area contributed by atoms with Gasteiger partial charge >= 0.3 is 22.3 Å². The topological polar surface area (TPSA) is 158 Å². The molecule has 0 aliphatic carbocycles. The zero-order valence-electron chi connectivity index (χ0n) is 15.2. The third-order valence-electron chi connectivity index (χ3n) is 2.39. The SMILES string of the molecule is CO.COC(=O)c1cc(F)cc(F)c1.O=C(O)c1cc(F)cc(F)c1.O=S(=O)(O)O. The first-order valence-corrected chi connectivity index (χ1v) is 8.51. The van der Waals surface area contributed by atoms with Gasteiger partial charge in [0.25, 0.3) is 0 Å². The second-order valence-electron chi connectivity index (χ2n) is 4.56. The van der Waals surface area contributed by atoms with Crippen LogP contribution in [0.3, 0.4) is 0 Å². The Kier molecular flexibility index (Phi) is 13.6. The zero-order valence-corrected chi connectivity index (χ0v) is 16.0. The van der Waals surface area contributed by atoms with Crippen LogP contribution in [0.25, 0.3) is 0 Å². The predicted molar refractivity (Wildman–Crippen MR) is 93.3 cm³/mol. The van der Waals surface area contributed by atoms with E-state index in [-0.39, 0.29) is 11.1 Å². The number of esters is 1. The number of carboxylic acids is 1. The van der Waals surface area contributed by atoms with Crippen LogP contribution < -0.4 is 0 Å². The summed E-state index contributed by atoms with van der Waals surface area (Å²) in [6.07, 6.45) is 0. The van der Waals surface area contributed by atoms with E-state index >= 15 is 0 Å².